The summed E-state index contributed by atoms with van der Waals surface area (Å²) >= 11 is 0. The first-order valence-electron chi connectivity index (χ1n) is 4.06. The average molecular weight is 158 g/mol. The topological polar surface area (TPSA) is 56.5 Å². The lowest BCUT2D eigenvalue weighted by Crippen LogP contribution is -2.32. The van der Waals surface area contributed by atoms with Crippen LogP contribution in [0.3, 0.4) is 0 Å². The molecule has 0 aliphatic carbocycles. The van der Waals surface area contributed by atoms with Crippen LogP contribution in [0.5, 0.6) is 0 Å². The summed E-state index contributed by atoms with van der Waals surface area (Å²) in [5, 5.41) is 3.26. The van der Waals surface area contributed by atoms with Crippen molar-refractivity contribution in [2.24, 2.45) is 5.73 Å². The van der Waals surface area contributed by atoms with E-state index >= 15 is 0 Å². The average Bonchev–Trinajstić information content (AvgIpc) is 2.62. The van der Waals surface area contributed by atoms with Crippen LogP contribution in [0.4, 0.5) is 0 Å². The van der Waals surface area contributed by atoms with E-state index in [-0.39, 0.29) is 5.79 Å². The first-order chi connectivity index (χ1) is 5.35. The van der Waals surface area contributed by atoms with Gasteiger partial charge in [-0.05, 0) is 0 Å². The van der Waals surface area contributed by atoms with Crippen LogP contribution in [-0.2, 0) is 9.47 Å². The summed E-state index contributed by atoms with van der Waals surface area (Å²) in [6.45, 7) is 2.89. The molecular formula is C7H14N2O2. The number of rotatable bonds is 1. The molecule has 0 unspecified atom stereocenters. The van der Waals surface area contributed by atoms with Crippen molar-refractivity contribution in [1.29, 1.82) is 0 Å². The van der Waals surface area contributed by atoms with Crippen LogP contribution >= 0.6 is 0 Å². The summed E-state index contributed by atoms with van der Waals surface area (Å²) in [6.07, 6.45) is 0.892. The molecule has 0 amide bonds. The van der Waals surface area contributed by atoms with Gasteiger partial charge in [0.25, 0.3) is 0 Å². The van der Waals surface area contributed by atoms with Crippen LogP contribution in [-0.4, -0.2) is 38.1 Å². The van der Waals surface area contributed by atoms with E-state index in [9.17, 15) is 0 Å². The third-order valence-electron chi connectivity index (χ3n) is 2.32. The summed E-state index contributed by atoms with van der Waals surface area (Å²) < 4.78 is 11.0. The molecule has 0 aromatic rings. The fourth-order valence-electron chi connectivity index (χ4n) is 1.70. The number of nitrogens with one attached hydrogen (secondary N) is 1. The normalized spacial score (nSPS) is 35.2. The van der Waals surface area contributed by atoms with Crippen LogP contribution in [0.15, 0.2) is 0 Å². The van der Waals surface area contributed by atoms with E-state index in [2.05, 4.69) is 5.32 Å². The fourth-order valence-corrected chi connectivity index (χ4v) is 1.70. The van der Waals surface area contributed by atoms with Gasteiger partial charge in [-0.3, -0.25) is 0 Å². The van der Waals surface area contributed by atoms with Crippen LogP contribution in [0.2, 0.25) is 0 Å². The molecule has 1 spiro atoms. The Balaban J connectivity index is 1.96. The van der Waals surface area contributed by atoms with Crippen LogP contribution < -0.4 is 11.1 Å². The maximum atomic E-state index is 5.51. The Labute approximate surface area is 66.0 Å². The van der Waals surface area contributed by atoms with Gasteiger partial charge in [-0.1, -0.05) is 0 Å². The Hall–Kier alpha value is -0.160. The molecule has 1 atom stereocenters. The first kappa shape index (κ1) is 7.49. The standard InChI is InChI=1S/C7H14N2O2/c8-4-6-3-7(5-9-6)10-1-2-11-7/h6,9H,1-5,8H2/t6-/m0/s1. The van der Waals surface area contributed by atoms with Gasteiger partial charge in [0, 0.05) is 19.0 Å². The molecule has 3 N–H and O–H groups in total. The van der Waals surface area contributed by atoms with Crippen molar-refractivity contribution in [1.82, 2.24) is 5.32 Å². The molecule has 2 saturated heterocycles. The third kappa shape index (κ3) is 1.27. The van der Waals surface area contributed by atoms with Gasteiger partial charge in [-0.15, -0.1) is 0 Å². The number of hydrogen-bond donors (Lipinski definition) is 2. The lowest BCUT2D eigenvalue weighted by molar-refractivity contribution is -0.140. The van der Waals surface area contributed by atoms with E-state index in [4.69, 9.17) is 15.2 Å². The van der Waals surface area contributed by atoms with E-state index in [1.165, 1.54) is 0 Å². The molecule has 2 aliphatic rings. The Kier molecular flexibility index (Phi) is 1.85. The van der Waals surface area contributed by atoms with E-state index in [0.717, 1.165) is 26.2 Å². The molecule has 2 heterocycles. The zero-order valence-electron chi connectivity index (χ0n) is 6.51. The highest BCUT2D eigenvalue weighted by atomic mass is 16.7. The monoisotopic (exact) mass is 158 g/mol. The van der Waals surface area contributed by atoms with E-state index in [0.29, 0.717) is 12.6 Å². The molecule has 0 bridgehead atoms. The molecule has 64 valence electrons. The predicted molar refractivity (Wildman–Crippen MR) is 40.1 cm³/mol. The second-order valence-corrected chi connectivity index (χ2v) is 3.13. The lowest BCUT2D eigenvalue weighted by Gasteiger charge is -2.19. The Morgan fingerprint density at radius 3 is 2.73 bits per heavy atom. The molecule has 2 fully saturated rings. The maximum absolute atomic E-state index is 5.51. The first-order valence-corrected chi connectivity index (χ1v) is 4.06. The molecule has 2 rings (SSSR count). The largest absolute Gasteiger partial charge is 0.346 e. The summed E-state index contributed by atoms with van der Waals surface area (Å²) in [6, 6.07) is 0.369. The van der Waals surface area contributed by atoms with Crippen molar-refractivity contribution in [2.45, 2.75) is 18.2 Å². The van der Waals surface area contributed by atoms with Crippen LogP contribution in [0, 0.1) is 0 Å². The van der Waals surface area contributed by atoms with Crippen LogP contribution in [0.1, 0.15) is 6.42 Å². The molecule has 4 heteroatoms. The van der Waals surface area contributed by atoms with E-state index in [1.807, 2.05) is 0 Å². The van der Waals surface area contributed by atoms with Crippen LogP contribution in [0.25, 0.3) is 0 Å². The van der Waals surface area contributed by atoms with Gasteiger partial charge >= 0.3 is 0 Å². The van der Waals surface area contributed by atoms with E-state index < -0.39 is 0 Å². The van der Waals surface area contributed by atoms with Crippen molar-refractivity contribution in [3.8, 4) is 0 Å². The summed E-state index contributed by atoms with van der Waals surface area (Å²) in [5.41, 5.74) is 5.51. The minimum atomic E-state index is -0.329. The van der Waals surface area contributed by atoms with Gasteiger partial charge in [0.1, 0.15) is 0 Å². The molecule has 0 saturated carbocycles. The molecular weight excluding hydrogens is 144 g/mol. The smallest absolute Gasteiger partial charge is 0.182 e. The summed E-state index contributed by atoms with van der Waals surface area (Å²) in [7, 11) is 0. The van der Waals surface area contributed by atoms with Gasteiger partial charge in [0.05, 0.1) is 19.8 Å². The van der Waals surface area contributed by atoms with E-state index in [1.54, 1.807) is 0 Å². The van der Waals surface area contributed by atoms with Crippen molar-refractivity contribution in [3.63, 3.8) is 0 Å². The van der Waals surface area contributed by atoms with Gasteiger partial charge in [-0.2, -0.15) is 0 Å². The number of nitrogens with two attached hydrogens (primary N) is 1. The SMILES string of the molecule is NC[C@@H]1CC2(CN1)OCCO2. The maximum Gasteiger partial charge on any atom is 0.182 e. The Bertz CT molecular complexity index is 145. The van der Waals surface area contributed by atoms with Crippen molar-refractivity contribution in [3.05, 3.63) is 0 Å². The molecule has 2 aliphatic heterocycles. The highest BCUT2D eigenvalue weighted by Gasteiger charge is 2.43. The zero-order valence-corrected chi connectivity index (χ0v) is 6.51. The lowest BCUT2D eigenvalue weighted by atomic mass is 10.1. The minimum Gasteiger partial charge on any atom is -0.346 e. The second kappa shape index (κ2) is 2.71. The predicted octanol–water partition coefficient (Wildman–Crippen LogP) is -0.950. The second-order valence-electron chi connectivity index (χ2n) is 3.13. The summed E-state index contributed by atoms with van der Waals surface area (Å²) in [5.74, 6) is -0.329. The highest BCUT2D eigenvalue weighted by molar-refractivity contribution is 4.91. The molecule has 11 heavy (non-hydrogen) atoms. The quantitative estimate of drug-likeness (QED) is 0.516. The fraction of sp³-hybridized carbons (Fsp3) is 1.00. The van der Waals surface area contributed by atoms with Crippen molar-refractivity contribution in [2.75, 3.05) is 26.3 Å². The molecule has 0 aromatic carbocycles. The number of hydrogen-bond acceptors (Lipinski definition) is 4. The van der Waals surface area contributed by atoms with Gasteiger partial charge in [-0.25, -0.2) is 0 Å². The van der Waals surface area contributed by atoms with Gasteiger partial charge in [0.2, 0.25) is 0 Å². The third-order valence-corrected chi connectivity index (χ3v) is 2.32. The van der Waals surface area contributed by atoms with Crippen molar-refractivity contribution < 1.29 is 9.47 Å². The van der Waals surface area contributed by atoms with Gasteiger partial charge < -0.3 is 20.5 Å². The highest BCUT2D eigenvalue weighted by Crippen LogP contribution is 2.28. The zero-order chi connectivity index (χ0) is 7.73. The van der Waals surface area contributed by atoms with Gasteiger partial charge in [0.15, 0.2) is 5.79 Å². The Morgan fingerprint density at radius 1 is 1.45 bits per heavy atom. The van der Waals surface area contributed by atoms with Crippen molar-refractivity contribution >= 4 is 0 Å². The number of ether oxygens (including phenoxy) is 2. The molecule has 0 aromatic heterocycles. The Morgan fingerprint density at radius 2 is 2.18 bits per heavy atom. The molecule has 4 nitrogen and oxygen atoms in total. The minimum absolute atomic E-state index is 0.329. The molecule has 0 radical (unpaired) electrons. The summed E-state index contributed by atoms with van der Waals surface area (Å²) in [4.78, 5) is 0.